The molecule has 5 rings (SSSR count). The molecule has 0 aliphatic carbocycles. The van der Waals surface area contributed by atoms with Crippen molar-refractivity contribution >= 4 is 36.7 Å². The van der Waals surface area contributed by atoms with Crippen molar-refractivity contribution in [2.24, 2.45) is 0 Å². The van der Waals surface area contributed by atoms with E-state index in [4.69, 9.17) is 28.1 Å². The van der Waals surface area contributed by atoms with E-state index in [0.717, 1.165) is 35.2 Å². The second kappa shape index (κ2) is 21.1. The number of alkyl carbamates (subject to hydrolysis) is 1. The van der Waals surface area contributed by atoms with Gasteiger partial charge in [-0.3, -0.25) is 4.79 Å². The lowest BCUT2D eigenvalue weighted by Crippen LogP contribution is -2.68. The van der Waals surface area contributed by atoms with Crippen LogP contribution in [0.2, 0.25) is 5.04 Å². The van der Waals surface area contributed by atoms with Crippen molar-refractivity contribution in [3.63, 3.8) is 0 Å². The van der Waals surface area contributed by atoms with E-state index in [0.29, 0.717) is 13.0 Å². The summed E-state index contributed by atoms with van der Waals surface area (Å²) in [6.45, 7) is 8.55. The molecule has 1 saturated heterocycles. The Bertz CT molecular complexity index is 1790. The Hall–Kier alpha value is -4.85. The van der Waals surface area contributed by atoms with Crippen molar-refractivity contribution in [2.75, 3.05) is 19.8 Å². The Morgan fingerprint density at radius 2 is 1.30 bits per heavy atom. The molecule has 4 aromatic carbocycles. The van der Waals surface area contributed by atoms with Gasteiger partial charge in [-0.1, -0.05) is 143 Å². The second-order valence-electron chi connectivity index (χ2n) is 15.1. The first kappa shape index (κ1) is 43.3. The zero-order chi connectivity index (χ0) is 40.7. The highest BCUT2D eigenvalue weighted by atomic mass is 28.4. The number of unbranched alkanes of at least 4 members (excludes halogenated alkanes) is 3. The van der Waals surface area contributed by atoms with Crippen LogP contribution in [0.4, 0.5) is 4.79 Å². The molecule has 304 valence electrons. The van der Waals surface area contributed by atoms with Crippen molar-refractivity contribution in [2.45, 2.75) is 95.7 Å². The third kappa shape index (κ3) is 11.8. The van der Waals surface area contributed by atoms with E-state index in [-0.39, 0.29) is 30.4 Å². The SMILES string of the molecule is CC(=O)O[C@@H]1[C@H](O)[C@@H](OC(=O)c2ccccc2)[C@H](OCCCCCCNC(=O)OCc2ccccc2)O[C@@H]1CO[Si](c1ccccc1)(c1ccccc1)C(C)(C)C. The minimum Gasteiger partial charge on any atom is -0.457 e. The molecular weight excluding hydrogens is 743 g/mol. The topological polar surface area (TPSA) is 139 Å². The van der Waals surface area contributed by atoms with E-state index in [2.05, 4.69) is 50.4 Å². The average Bonchev–Trinajstić information content (AvgIpc) is 3.21. The molecule has 11 nitrogen and oxygen atoms in total. The number of benzene rings is 4. The van der Waals surface area contributed by atoms with Crippen molar-refractivity contribution in [1.29, 1.82) is 0 Å². The van der Waals surface area contributed by atoms with Crippen LogP contribution in [-0.4, -0.2) is 81.9 Å². The summed E-state index contributed by atoms with van der Waals surface area (Å²) in [5.74, 6) is -1.32. The normalized spacial score (nSPS) is 19.6. The van der Waals surface area contributed by atoms with Crippen LogP contribution < -0.4 is 15.7 Å². The van der Waals surface area contributed by atoms with Crippen molar-refractivity contribution in [3.05, 3.63) is 132 Å². The van der Waals surface area contributed by atoms with E-state index < -0.39 is 57.1 Å². The number of carbonyl (C=O) groups excluding carboxylic acids is 3. The number of hydrogen-bond acceptors (Lipinski definition) is 10. The van der Waals surface area contributed by atoms with Crippen LogP contribution in [0.3, 0.4) is 0 Å². The van der Waals surface area contributed by atoms with Crippen LogP contribution in [0.25, 0.3) is 0 Å². The molecule has 0 saturated carbocycles. The minimum absolute atomic E-state index is 0.0533. The standard InChI is InChI=1S/C45H55NO10Si/c1-33(47)54-40-38(32-53-57(45(2,3)4,36-25-15-9-16-26-36)37-27-17-10-18-28-37)55-43(41(39(40)48)56-42(49)35-23-13-8-14-24-35)51-30-20-6-5-19-29-46-44(50)52-31-34-21-11-7-12-22-34/h7-18,21-28,38-41,43,48H,5-6,19-20,29-32H2,1-4H3,(H,46,50)/t38-,39+,40+,41-,43-/m1/s1. The number of esters is 2. The largest absolute Gasteiger partial charge is 0.457 e. The average molecular weight is 798 g/mol. The number of carbonyl (C=O) groups is 3. The van der Waals surface area contributed by atoms with Crippen LogP contribution in [0, 0.1) is 0 Å². The molecule has 1 aliphatic rings. The van der Waals surface area contributed by atoms with Crippen LogP contribution >= 0.6 is 0 Å². The van der Waals surface area contributed by atoms with E-state index in [1.807, 2.05) is 66.7 Å². The summed E-state index contributed by atoms with van der Waals surface area (Å²) >= 11 is 0. The lowest BCUT2D eigenvalue weighted by molar-refractivity contribution is -0.301. The molecule has 2 N–H and O–H groups in total. The summed E-state index contributed by atoms with van der Waals surface area (Å²) in [6.07, 6.45) is -3.74. The third-order valence-corrected chi connectivity index (χ3v) is 14.9. The maximum Gasteiger partial charge on any atom is 0.407 e. The number of aliphatic hydroxyl groups is 1. The fourth-order valence-electron chi connectivity index (χ4n) is 7.11. The molecule has 1 fully saturated rings. The van der Waals surface area contributed by atoms with Crippen molar-refractivity contribution < 1.29 is 47.6 Å². The van der Waals surface area contributed by atoms with E-state index in [1.54, 1.807) is 30.3 Å². The lowest BCUT2D eigenvalue weighted by Gasteiger charge is -2.46. The number of ether oxygens (including phenoxy) is 5. The van der Waals surface area contributed by atoms with Gasteiger partial charge in [0.2, 0.25) is 0 Å². The Kier molecular flexibility index (Phi) is 16.0. The second-order valence-corrected chi connectivity index (χ2v) is 19.4. The summed E-state index contributed by atoms with van der Waals surface area (Å²) < 4.78 is 36.8. The molecule has 0 spiro atoms. The molecule has 1 amide bonds. The lowest BCUT2D eigenvalue weighted by atomic mass is 9.98. The first-order valence-corrected chi connectivity index (χ1v) is 21.5. The van der Waals surface area contributed by atoms with E-state index in [9.17, 15) is 19.5 Å². The summed E-state index contributed by atoms with van der Waals surface area (Å²) in [5.41, 5.74) is 1.20. The van der Waals surface area contributed by atoms with Gasteiger partial charge in [0.15, 0.2) is 18.5 Å². The van der Waals surface area contributed by atoms with Crippen molar-refractivity contribution in [1.82, 2.24) is 5.32 Å². The molecule has 1 heterocycles. The zero-order valence-electron chi connectivity index (χ0n) is 33.2. The molecule has 12 heteroatoms. The first-order chi connectivity index (χ1) is 27.5. The molecular formula is C45H55NO10Si. The van der Waals surface area contributed by atoms with Crippen LogP contribution in [0.5, 0.6) is 0 Å². The van der Waals surface area contributed by atoms with Gasteiger partial charge in [-0.15, -0.1) is 0 Å². The Balaban J connectivity index is 1.28. The number of aliphatic hydroxyl groups excluding tert-OH is 1. The fraction of sp³-hybridized carbons (Fsp3) is 0.400. The van der Waals surface area contributed by atoms with Crippen LogP contribution in [0.1, 0.15) is 69.3 Å². The monoisotopic (exact) mass is 797 g/mol. The predicted octanol–water partition coefficient (Wildman–Crippen LogP) is 6.31. The highest BCUT2D eigenvalue weighted by molar-refractivity contribution is 6.99. The van der Waals surface area contributed by atoms with E-state index >= 15 is 0 Å². The molecule has 5 atom stereocenters. The molecule has 0 aromatic heterocycles. The highest BCUT2D eigenvalue weighted by Crippen LogP contribution is 2.38. The van der Waals surface area contributed by atoms with Crippen LogP contribution in [0.15, 0.2) is 121 Å². The third-order valence-electron chi connectivity index (χ3n) is 9.89. The zero-order valence-corrected chi connectivity index (χ0v) is 34.2. The first-order valence-electron chi connectivity index (χ1n) is 19.6. The molecule has 57 heavy (non-hydrogen) atoms. The molecule has 1 aliphatic heterocycles. The van der Waals surface area contributed by atoms with Gasteiger partial charge in [0.05, 0.1) is 12.2 Å². The fourth-order valence-corrected chi connectivity index (χ4v) is 11.7. The van der Waals surface area contributed by atoms with Crippen molar-refractivity contribution in [3.8, 4) is 0 Å². The number of nitrogens with one attached hydrogen (secondary N) is 1. The number of rotatable bonds is 18. The number of amides is 1. The molecule has 0 radical (unpaired) electrons. The number of hydrogen-bond donors (Lipinski definition) is 2. The summed E-state index contributed by atoms with van der Waals surface area (Å²) in [6, 6.07) is 38.1. The molecule has 0 unspecified atom stereocenters. The van der Waals surface area contributed by atoms with Gasteiger partial charge in [0.1, 0.15) is 18.8 Å². The van der Waals surface area contributed by atoms with E-state index in [1.165, 1.54) is 6.92 Å². The summed E-state index contributed by atoms with van der Waals surface area (Å²) in [5, 5.41) is 16.4. The maximum atomic E-state index is 13.3. The van der Waals surface area contributed by atoms with Crippen LogP contribution in [-0.2, 0) is 39.5 Å². The predicted molar refractivity (Wildman–Crippen MR) is 218 cm³/mol. The quantitative estimate of drug-likeness (QED) is 0.0510. The Morgan fingerprint density at radius 3 is 1.88 bits per heavy atom. The Morgan fingerprint density at radius 1 is 0.737 bits per heavy atom. The van der Waals surface area contributed by atoms with Gasteiger partial charge < -0.3 is 38.5 Å². The highest BCUT2D eigenvalue weighted by Gasteiger charge is 2.54. The van der Waals surface area contributed by atoms with Gasteiger partial charge in [0, 0.05) is 20.1 Å². The van der Waals surface area contributed by atoms with Gasteiger partial charge in [-0.25, -0.2) is 9.59 Å². The van der Waals surface area contributed by atoms with Gasteiger partial charge in [0.25, 0.3) is 8.32 Å². The smallest absolute Gasteiger partial charge is 0.407 e. The van der Waals surface area contributed by atoms with Gasteiger partial charge in [-0.05, 0) is 45.9 Å². The minimum atomic E-state index is -3.07. The molecule has 4 aromatic rings. The van der Waals surface area contributed by atoms with Gasteiger partial charge in [-0.2, -0.15) is 0 Å². The summed E-state index contributed by atoms with van der Waals surface area (Å²) in [7, 11) is -3.07. The Labute approximate surface area is 336 Å². The van der Waals surface area contributed by atoms with Gasteiger partial charge >= 0.3 is 18.0 Å². The molecule has 0 bridgehead atoms. The summed E-state index contributed by atoms with van der Waals surface area (Å²) in [4.78, 5) is 37.9. The maximum absolute atomic E-state index is 13.3.